The Hall–Kier alpha value is 0.690. The van der Waals surface area contributed by atoms with E-state index in [-0.39, 0.29) is 29.4 Å². The van der Waals surface area contributed by atoms with Gasteiger partial charge in [0.1, 0.15) is 6.54 Å². The van der Waals surface area contributed by atoms with E-state index in [4.69, 9.17) is 5.11 Å². The van der Waals surface area contributed by atoms with Crippen LogP contribution in [0, 0.1) is 0 Å². The number of aliphatic hydroxyl groups is 1. The fourth-order valence-corrected chi connectivity index (χ4v) is 2.06. The lowest BCUT2D eigenvalue weighted by molar-refractivity contribution is -0.890. The Balaban J connectivity index is -0.00000112. The van der Waals surface area contributed by atoms with Gasteiger partial charge in [-0.25, -0.2) is 0 Å². The molecule has 2 nitrogen and oxygen atoms in total. The number of likely N-dealkylation sites (N-methyl/N-ethyl adjacent to an activating group) is 1. The molecular weight excluding hydrogens is 314 g/mol. The molecule has 0 aromatic heterocycles. The van der Waals surface area contributed by atoms with Gasteiger partial charge < -0.3 is 9.59 Å². The van der Waals surface area contributed by atoms with Crippen LogP contribution >= 0.6 is 29.4 Å². The maximum absolute atomic E-state index is 8.91. The maximum atomic E-state index is 8.91. The van der Waals surface area contributed by atoms with E-state index in [0.29, 0.717) is 6.61 Å². The van der Waals surface area contributed by atoms with Crippen molar-refractivity contribution in [1.29, 1.82) is 0 Å². The van der Waals surface area contributed by atoms with Crippen molar-refractivity contribution >= 4 is 29.4 Å². The highest BCUT2D eigenvalue weighted by Crippen LogP contribution is 2.09. The van der Waals surface area contributed by atoms with Gasteiger partial charge in [0.25, 0.3) is 0 Å². The summed E-state index contributed by atoms with van der Waals surface area (Å²) in [5.74, 6) is 0. The minimum absolute atomic E-state index is 0. The van der Waals surface area contributed by atoms with E-state index < -0.39 is 0 Å². The van der Waals surface area contributed by atoms with Crippen LogP contribution in [-0.4, -0.2) is 43.4 Å². The van der Waals surface area contributed by atoms with Gasteiger partial charge in [0.15, 0.2) is 0 Å². The fourth-order valence-electron chi connectivity index (χ4n) is 2.06. The summed E-state index contributed by atoms with van der Waals surface area (Å²) in [4.78, 5) is 0. The second-order valence-electron chi connectivity index (χ2n) is 5.58. The molecule has 0 saturated carbocycles. The maximum Gasteiger partial charge on any atom is 0.102 e. The van der Waals surface area contributed by atoms with Gasteiger partial charge in [0, 0.05) is 0 Å². The number of rotatable bonds is 11. The van der Waals surface area contributed by atoms with Crippen LogP contribution in [0.15, 0.2) is 0 Å². The summed E-state index contributed by atoms with van der Waals surface area (Å²) in [5.41, 5.74) is 0. The van der Waals surface area contributed by atoms with Crippen LogP contribution in [0.4, 0.5) is 0 Å². The number of unbranched alkanes of at least 4 members (excludes halogenated alkanes) is 7. The highest BCUT2D eigenvalue weighted by molar-refractivity contribution is 8.93. The molecule has 0 saturated heterocycles. The predicted octanol–water partition coefficient (Wildman–Crippen LogP) is 4.20. The van der Waals surface area contributed by atoms with Crippen LogP contribution in [0.3, 0.4) is 0 Å². The average Bonchev–Trinajstić information content (AvgIpc) is 2.22. The molecule has 0 unspecified atom stereocenters. The van der Waals surface area contributed by atoms with E-state index in [2.05, 4.69) is 21.0 Å². The molecule has 0 aliphatic heterocycles. The number of halogens is 2. The minimum Gasteiger partial charge on any atom is -0.391 e. The first-order valence-corrected chi connectivity index (χ1v) is 7.05. The molecular formula is C14H34BrClNO+. The largest absolute Gasteiger partial charge is 0.391 e. The lowest BCUT2D eigenvalue weighted by atomic mass is 10.1. The number of hydrogen-bond acceptors (Lipinski definition) is 1. The topological polar surface area (TPSA) is 20.2 Å². The number of hydrogen-bond donors (Lipinski definition) is 1. The molecule has 0 heterocycles. The molecule has 0 aromatic rings. The zero-order valence-electron chi connectivity index (χ0n) is 12.5. The summed E-state index contributed by atoms with van der Waals surface area (Å²) in [6.45, 7) is 4.66. The first-order valence-electron chi connectivity index (χ1n) is 7.05. The highest BCUT2D eigenvalue weighted by atomic mass is 79.9. The van der Waals surface area contributed by atoms with Gasteiger partial charge in [-0.2, -0.15) is 0 Å². The lowest BCUT2D eigenvalue weighted by Crippen LogP contribution is -2.42. The zero-order valence-corrected chi connectivity index (χ0v) is 15.0. The van der Waals surface area contributed by atoms with Crippen molar-refractivity contribution in [2.24, 2.45) is 0 Å². The number of nitrogens with zero attached hydrogens (tertiary/aromatic N) is 1. The van der Waals surface area contributed by atoms with Gasteiger partial charge in [-0.15, -0.1) is 29.4 Å². The third kappa shape index (κ3) is 16.7. The van der Waals surface area contributed by atoms with Gasteiger partial charge >= 0.3 is 0 Å². The summed E-state index contributed by atoms with van der Waals surface area (Å²) >= 11 is 0. The molecule has 1 N–H and O–H groups in total. The van der Waals surface area contributed by atoms with Crippen molar-refractivity contribution in [3.05, 3.63) is 0 Å². The van der Waals surface area contributed by atoms with Crippen LogP contribution in [-0.2, 0) is 0 Å². The summed E-state index contributed by atoms with van der Waals surface area (Å²) in [7, 11) is 4.41. The average molecular weight is 348 g/mol. The first-order chi connectivity index (χ1) is 7.62. The second kappa shape index (κ2) is 15.7. The Morgan fingerprint density at radius 1 is 0.778 bits per heavy atom. The third-order valence-corrected chi connectivity index (χ3v) is 3.32. The molecule has 4 heteroatoms. The molecule has 0 aliphatic carbocycles. The van der Waals surface area contributed by atoms with Crippen molar-refractivity contribution in [1.82, 2.24) is 0 Å². The van der Waals surface area contributed by atoms with Crippen LogP contribution in [0.5, 0.6) is 0 Å². The smallest absolute Gasteiger partial charge is 0.102 e. The van der Waals surface area contributed by atoms with E-state index in [1.807, 2.05) is 0 Å². The number of quaternary nitrogens is 1. The normalized spacial score (nSPS) is 10.7. The second-order valence-corrected chi connectivity index (χ2v) is 5.58. The summed E-state index contributed by atoms with van der Waals surface area (Å²) in [6, 6.07) is 0. The summed E-state index contributed by atoms with van der Waals surface area (Å²) in [6.07, 6.45) is 11.1. The molecule has 0 bridgehead atoms. The van der Waals surface area contributed by atoms with Crippen molar-refractivity contribution < 1.29 is 9.59 Å². The van der Waals surface area contributed by atoms with Gasteiger partial charge in [-0.1, -0.05) is 45.4 Å². The first kappa shape index (κ1) is 23.8. The predicted molar refractivity (Wildman–Crippen MR) is 89.1 cm³/mol. The number of aliphatic hydroxyl groups excluding tert-OH is 1. The molecule has 0 aliphatic rings. The molecule has 114 valence electrons. The van der Waals surface area contributed by atoms with Crippen LogP contribution in [0.2, 0.25) is 0 Å². The van der Waals surface area contributed by atoms with Crippen LogP contribution in [0.1, 0.15) is 58.3 Å². The van der Waals surface area contributed by atoms with Crippen LogP contribution in [0.25, 0.3) is 0 Å². The lowest BCUT2D eigenvalue weighted by Gasteiger charge is -2.28. The molecule has 18 heavy (non-hydrogen) atoms. The van der Waals surface area contributed by atoms with Gasteiger partial charge in [-0.3, -0.25) is 0 Å². The molecule has 0 rings (SSSR count). The highest BCUT2D eigenvalue weighted by Gasteiger charge is 2.12. The van der Waals surface area contributed by atoms with Crippen molar-refractivity contribution in [3.8, 4) is 0 Å². The Bertz CT molecular complexity index is 157. The third-order valence-electron chi connectivity index (χ3n) is 3.32. The summed E-state index contributed by atoms with van der Waals surface area (Å²) in [5, 5.41) is 8.91. The standard InChI is InChI=1S/C14H32NO.BrH.ClH/c1-4-5-6-7-8-9-10-11-12-15(2,3)13-14-16;;/h16H,4-14H2,1-3H3;2*1H/q+1;;. The molecule has 0 fully saturated rings. The fraction of sp³-hybridized carbons (Fsp3) is 1.00. The SMILES string of the molecule is Br.CCCCCCCCCC[N+](C)(C)CCO.Cl. The Labute approximate surface area is 131 Å². The minimum atomic E-state index is 0. The van der Waals surface area contributed by atoms with E-state index in [9.17, 15) is 0 Å². The van der Waals surface area contributed by atoms with Crippen molar-refractivity contribution in [3.63, 3.8) is 0 Å². The molecule has 0 radical (unpaired) electrons. The summed E-state index contributed by atoms with van der Waals surface area (Å²) < 4.78 is 0.965. The van der Waals surface area contributed by atoms with E-state index in [0.717, 1.165) is 11.0 Å². The molecule has 0 atom stereocenters. The van der Waals surface area contributed by atoms with Gasteiger partial charge in [0.2, 0.25) is 0 Å². The van der Waals surface area contributed by atoms with Crippen LogP contribution < -0.4 is 0 Å². The van der Waals surface area contributed by atoms with Gasteiger partial charge in [0.05, 0.1) is 27.2 Å². The van der Waals surface area contributed by atoms with E-state index in [1.165, 1.54) is 57.9 Å². The molecule has 0 aromatic carbocycles. The Morgan fingerprint density at radius 3 is 1.67 bits per heavy atom. The van der Waals surface area contributed by atoms with E-state index in [1.54, 1.807) is 0 Å². The Morgan fingerprint density at radius 2 is 1.22 bits per heavy atom. The monoisotopic (exact) mass is 346 g/mol. The molecule has 0 amide bonds. The van der Waals surface area contributed by atoms with Gasteiger partial charge in [-0.05, 0) is 12.8 Å². The zero-order chi connectivity index (χ0) is 12.3. The Kier molecular flexibility index (Phi) is 20.8. The van der Waals surface area contributed by atoms with E-state index >= 15 is 0 Å². The van der Waals surface area contributed by atoms with Crippen molar-refractivity contribution in [2.75, 3.05) is 33.8 Å². The molecule has 0 spiro atoms. The van der Waals surface area contributed by atoms with Crippen molar-refractivity contribution in [2.45, 2.75) is 58.3 Å². The quantitative estimate of drug-likeness (QED) is 0.439.